The molecular weight excluding hydrogens is 282 g/mol. The Kier molecular flexibility index (Phi) is 4.75. The Morgan fingerprint density at radius 1 is 1.38 bits per heavy atom. The van der Waals surface area contributed by atoms with Crippen LogP contribution >= 0.6 is 12.2 Å². The minimum atomic E-state index is 0.369. The number of benzene rings is 1. The highest BCUT2D eigenvalue weighted by atomic mass is 32.1. The van der Waals surface area contributed by atoms with Crippen LogP contribution in [0.1, 0.15) is 16.7 Å². The zero-order chi connectivity index (χ0) is 15.4. The van der Waals surface area contributed by atoms with Gasteiger partial charge in [0, 0.05) is 19.8 Å². The van der Waals surface area contributed by atoms with E-state index >= 15 is 0 Å². The molecule has 0 saturated carbocycles. The standard InChI is InChI=1S/C16H19N3OS/c1-11-7-8-18-16(14(11)15(17)21)19(2)10-12-5-4-6-13(9-12)20-3/h4-9H,10H2,1-3H3,(H2,17,21). The molecule has 0 spiro atoms. The molecule has 1 aromatic heterocycles. The van der Waals surface area contributed by atoms with E-state index in [1.54, 1.807) is 13.3 Å². The number of methoxy groups -OCH3 is 1. The van der Waals surface area contributed by atoms with Crippen molar-refractivity contribution < 1.29 is 4.74 Å². The van der Waals surface area contributed by atoms with Gasteiger partial charge >= 0.3 is 0 Å². The van der Waals surface area contributed by atoms with Gasteiger partial charge < -0.3 is 15.4 Å². The van der Waals surface area contributed by atoms with E-state index in [2.05, 4.69) is 11.1 Å². The molecule has 0 aliphatic carbocycles. The van der Waals surface area contributed by atoms with Gasteiger partial charge in [0.15, 0.2) is 0 Å². The molecule has 4 nitrogen and oxygen atoms in total. The number of pyridine rings is 1. The normalized spacial score (nSPS) is 10.2. The van der Waals surface area contributed by atoms with Gasteiger partial charge in [-0.2, -0.15) is 0 Å². The van der Waals surface area contributed by atoms with Crippen molar-refractivity contribution in [3.63, 3.8) is 0 Å². The fraction of sp³-hybridized carbons (Fsp3) is 0.250. The van der Waals surface area contributed by atoms with Gasteiger partial charge in [-0.1, -0.05) is 24.4 Å². The number of aryl methyl sites for hydroxylation is 1. The van der Waals surface area contributed by atoms with Gasteiger partial charge in [0.2, 0.25) is 0 Å². The molecule has 0 fully saturated rings. The van der Waals surface area contributed by atoms with Crippen molar-refractivity contribution >= 4 is 23.0 Å². The van der Waals surface area contributed by atoms with Crippen LogP contribution in [0.25, 0.3) is 0 Å². The molecule has 1 heterocycles. The third-order valence-corrected chi connectivity index (χ3v) is 3.51. The van der Waals surface area contributed by atoms with E-state index in [1.165, 1.54) is 0 Å². The number of ether oxygens (including phenoxy) is 1. The van der Waals surface area contributed by atoms with E-state index in [0.29, 0.717) is 11.5 Å². The maximum absolute atomic E-state index is 5.84. The lowest BCUT2D eigenvalue weighted by Crippen LogP contribution is -2.23. The second-order valence-corrected chi connectivity index (χ2v) is 5.34. The lowest BCUT2D eigenvalue weighted by atomic mass is 10.1. The average molecular weight is 301 g/mol. The third-order valence-electron chi connectivity index (χ3n) is 3.30. The number of anilines is 1. The Morgan fingerprint density at radius 2 is 2.14 bits per heavy atom. The van der Waals surface area contributed by atoms with Crippen LogP contribution in [-0.4, -0.2) is 24.1 Å². The molecule has 0 aliphatic rings. The summed E-state index contributed by atoms with van der Waals surface area (Å²) in [6.07, 6.45) is 1.77. The molecule has 110 valence electrons. The minimum absolute atomic E-state index is 0.369. The molecule has 0 unspecified atom stereocenters. The topological polar surface area (TPSA) is 51.4 Å². The smallest absolute Gasteiger partial charge is 0.139 e. The van der Waals surface area contributed by atoms with Crippen LogP contribution in [0.3, 0.4) is 0 Å². The molecule has 0 radical (unpaired) electrons. The van der Waals surface area contributed by atoms with E-state index in [1.807, 2.05) is 43.1 Å². The summed E-state index contributed by atoms with van der Waals surface area (Å²) in [6, 6.07) is 9.87. The number of thiocarbonyl (C=S) groups is 1. The molecule has 2 N–H and O–H groups in total. The Labute approximate surface area is 130 Å². The largest absolute Gasteiger partial charge is 0.497 e. The molecular formula is C16H19N3OS. The van der Waals surface area contributed by atoms with E-state index in [0.717, 1.165) is 28.3 Å². The highest BCUT2D eigenvalue weighted by molar-refractivity contribution is 7.80. The first-order valence-corrected chi connectivity index (χ1v) is 7.03. The van der Waals surface area contributed by atoms with Crippen molar-refractivity contribution in [1.82, 2.24) is 4.98 Å². The van der Waals surface area contributed by atoms with Gasteiger partial charge in [0.1, 0.15) is 16.6 Å². The zero-order valence-corrected chi connectivity index (χ0v) is 13.3. The van der Waals surface area contributed by atoms with Gasteiger partial charge in [-0.05, 0) is 36.2 Å². The van der Waals surface area contributed by atoms with Crippen molar-refractivity contribution in [3.8, 4) is 5.75 Å². The molecule has 21 heavy (non-hydrogen) atoms. The summed E-state index contributed by atoms with van der Waals surface area (Å²) in [5.41, 5.74) is 8.83. The summed E-state index contributed by atoms with van der Waals surface area (Å²) < 4.78 is 5.25. The first-order valence-electron chi connectivity index (χ1n) is 6.62. The molecule has 2 rings (SSSR count). The molecule has 0 saturated heterocycles. The summed E-state index contributed by atoms with van der Waals surface area (Å²) >= 11 is 5.15. The summed E-state index contributed by atoms with van der Waals surface area (Å²) in [7, 11) is 3.64. The van der Waals surface area contributed by atoms with Crippen LogP contribution in [0.2, 0.25) is 0 Å². The Morgan fingerprint density at radius 3 is 2.81 bits per heavy atom. The molecule has 5 heteroatoms. The second-order valence-electron chi connectivity index (χ2n) is 4.90. The van der Waals surface area contributed by atoms with Crippen molar-refractivity contribution in [2.75, 3.05) is 19.1 Å². The van der Waals surface area contributed by atoms with Crippen LogP contribution in [0.4, 0.5) is 5.82 Å². The highest BCUT2D eigenvalue weighted by Crippen LogP contribution is 2.22. The van der Waals surface area contributed by atoms with Gasteiger partial charge in [-0.25, -0.2) is 4.98 Å². The number of nitrogens with two attached hydrogens (primary N) is 1. The number of nitrogens with zero attached hydrogens (tertiary/aromatic N) is 2. The van der Waals surface area contributed by atoms with E-state index in [9.17, 15) is 0 Å². The highest BCUT2D eigenvalue weighted by Gasteiger charge is 2.14. The summed E-state index contributed by atoms with van der Waals surface area (Å²) in [5.74, 6) is 1.64. The lowest BCUT2D eigenvalue weighted by Gasteiger charge is -2.22. The summed E-state index contributed by atoms with van der Waals surface area (Å²) in [4.78, 5) is 6.83. The van der Waals surface area contributed by atoms with Crippen LogP contribution in [0.15, 0.2) is 36.5 Å². The molecule has 0 atom stereocenters. The predicted molar refractivity (Wildman–Crippen MR) is 90.0 cm³/mol. The van der Waals surface area contributed by atoms with Crippen LogP contribution < -0.4 is 15.4 Å². The van der Waals surface area contributed by atoms with Crippen molar-refractivity contribution in [3.05, 3.63) is 53.2 Å². The number of hydrogen-bond acceptors (Lipinski definition) is 4. The maximum atomic E-state index is 5.84. The van der Waals surface area contributed by atoms with Crippen molar-refractivity contribution in [1.29, 1.82) is 0 Å². The molecule has 2 aromatic rings. The Balaban J connectivity index is 2.30. The molecule has 0 bridgehead atoms. The van der Waals surface area contributed by atoms with Gasteiger partial charge in [-0.15, -0.1) is 0 Å². The van der Waals surface area contributed by atoms with Crippen LogP contribution in [0.5, 0.6) is 5.75 Å². The lowest BCUT2D eigenvalue weighted by molar-refractivity contribution is 0.414. The van der Waals surface area contributed by atoms with Gasteiger partial charge in [0.05, 0.1) is 12.7 Å². The van der Waals surface area contributed by atoms with E-state index in [4.69, 9.17) is 22.7 Å². The van der Waals surface area contributed by atoms with Crippen molar-refractivity contribution in [2.24, 2.45) is 5.73 Å². The van der Waals surface area contributed by atoms with Gasteiger partial charge in [0.25, 0.3) is 0 Å². The summed E-state index contributed by atoms with van der Waals surface area (Å²) in [5, 5.41) is 0. The Bertz CT molecular complexity index is 658. The second kappa shape index (κ2) is 6.54. The Hall–Kier alpha value is -2.14. The predicted octanol–water partition coefficient (Wildman–Crippen LogP) is 2.67. The van der Waals surface area contributed by atoms with Crippen LogP contribution in [-0.2, 0) is 6.54 Å². The fourth-order valence-electron chi connectivity index (χ4n) is 2.26. The first kappa shape index (κ1) is 15.3. The van der Waals surface area contributed by atoms with E-state index in [-0.39, 0.29) is 0 Å². The van der Waals surface area contributed by atoms with Crippen LogP contribution in [0, 0.1) is 6.92 Å². The fourth-order valence-corrected chi connectivity index (χ4v) is 2.51. The van der Waals surface area contributed by atoms with Crippen molar-refractivity contribution in [2.45, 2.75) is 13.5 Å². The third kappa shape index (κ3) is 3.49. The zero-order valence-electron chi connectivity index (χ0n) is 12.5. The summed E-state index contributed by atoms with van der Waals surface area (Å²) in [6.45, 7) is 2.68. The molecule has 0 aliphatic heterocycles. The first-order chi connectivity index (χ1) is 10.0. The van der Waals surface area contributed by atoms with Gasteiger partial charge in [-0.3, -0.25) is 0 Å². The average Bonchev–Trinajstić information content (AvgIpc) is 2.46. The molecule has 1 aromatic carbocycles. The minimum Gasteiger partial charge on any atom is -0.497 e. The quantitative estimate of drug-likeness (QED) is 0.861. The van der Waals surface area contributed by atoms with E-state index < -0.39 is 0 Å². The number of aromatic nitrogens is 1. The number of hydrogen-bond donors (Lipinski definition) is 1. The SMILES string of the molecule is COc1cccc(CN(C)c2nccc(C)c2C(N)=S)c1. The maximum Gasteiger partial charge on any atom is 0.139 e. The number of rotatable bonds is 5. The monoisotopic (exact) mass is 301 g/mol. The molecule has 0 amide bonds.